The average Bonchev–Trinajstić information content (AvgIpc) is 2.83. The molecular formula is C17H28N2S. The van der Waals surface area contributed by atoms with Crippen molar-refractivity contribution in [3.8, 4) is 0 Å². The van der Waals surface area contributed by atoms with Gasteiger partial charge in [0.05, 0.1) is 0 Å². The van der Waals surface area contributed by atoms with Gasteiger partial charge in [-0.15, -0.1) is 11.3 Å². The molecule has 0 spiro atoms. The topological polar surface area (TPSA) is 29.3 Å². The maximum atomic E-state index is 6.22. The standard InChI is InChI=1S/C17H28N2S/c1-14-15-7-11-20-16(15)6-10-19(14)13-17(12-18)8-4-2-3-5-9-17/h7,11,14H,2-6,8-10,12-13,18H2,1H3. The third kappa shape index (κ3) is 2.81. The molecule has 2 aliphatic rings. The summed E-state index contributed by atoms with van der Waals surface area (Å²) in [7, 11) is 0. The van der Waals surface area contributed by atoms with E-state index >= 15 is 0 Å². The van der Waals surface area contributed by atoms with Crippen molar-refractivity contribution in [3.63, 3.8) is 0 Å². The number of nitrogens with zero attached hydrogens (tertiary/aromatic N) is 1. The van der Waals surface area contributed by atoms with Crippen molar-refractivity contribution in [2.45, 2.75) is 57.9 Å². The van der Waals surface area contributed by atoms with Gasteiger partial charge < -0.3 is 5.73 Å². The predicted molar refractivity (Wildman–Crippen MR) is 87.2 cm³/mol. The second-order valence-corrected chi connectivity index (χ2v) is 7.81. The molecule has 0 saturated heterocycles. The first kappa shape index (κ1) is 14.6. The van der Waals surface area contributed by atoms with E-state index in [-0.39, 0.29) is 0 Å². The lowest BCUT2D eigenvalue weighted by Gasteiger charge is -2.42. The molecule has 1 aromatic heterocycles. The summed E-state index contributed by atoms with van der Waals surface area (Å²) in [4.78, 5) is 4.31. The van der Waals surface area contributed by atoms with E-state index in [0.29, 0.717) is 11.5 Å². The minimum Gasteiger partial charge on any atom is -0.330 e. The largest absolute Gasteiger partial charge is 0.330 e. The molecule has 1 atom stereocenters. The summed E-state index contributed by atoms with van der Waals surface area (Å²) in [6, 6.07) is 2.91. The Labute approximate surface area is 127 Å². The first-order valence-corrected chi connectivity index (χ1v) is 9.12. The molecule has 1 aliphatic heterocycles. The Morgan fingerprint density at radius 2 is 2.05 bits per heavy atom. The van der Waals surface area contributed by atoms with Crippen LogP contribution in [0.4, 0.5) is 0 Å². The Balaban J connectivity index is 1.73. The summed E-state index contributed by atoms with van der Waals surface area (Å²) in [5.74, 6) is 0. The lowest BCUT2D eigenvalue weighted by atomic mass is 9.79. The third-order valence-electron chi connectivity index (χ3n) is 5.54. The molecular weight excluding hydrogens is 264 g/mol. The van der Waals surface area contributed by atoms with Crippen molar-refractivity contribution < 1.29 is 0 Å². The van der Waals surface area contributed by atoms with Crippen LogP contribution >= 0.6 is 11.3 Å². The van der Waals surface area contributed by atoms with Gasteiger partial charge in [0.1, 0.15) is 0 Å². The number of fused-ring (bicyclic) bond motifs is 1. The quantitative estimate of drug-likeness (QED) is 0.854. The number of rotatable bonds is 3. The highest BCUT2D eigenvalue weighted by atomic mass is 32.1. The van der Waals surface area contributed by atoms with Gasteiger partial charge in [0, 0.05) is 24.0 Å². The third-order valence-corrected chi connectivity index (χ3v) is 6.54. The molecule has 2 heterocycles. The van der Waals surface area contributed by atoms with E-state index in [1.165, 1.54) is 58.0 Å². The highest BCUT2D eigenvalue weighted by Gasteiger charge is 2.35. The molecule has 0 radical (unpaired) electrons. The van der Waals surface area contributed by atoms with Crippen LogP contribution in [0.15, 0.2) is 11.4 Å². The lowest BCUT2D eigenvalue weighted by molar-refractivity contribution is 0.0995. The van der Waals surface area contributed by atoms with Crippen molar-refractivity contribution in [3.05, 3.63) is 21.9 Å². The molecule has 112 valence electrons. The number of thiophene rings is 1. The van der Waals surface area contributed by atoms with E-state index in [0.717, 1.165) is 6.54 Å². The Hall–Kier alpha value is -0.380. The minimum absolute atomic E-state index is 0.387. The minimum atomic E-state index is 0.387. The number of hydrogen-bond acceptors (Lipinski definition) is 3. The second-order valence-electron chi connectivity index (χ2n) is 6.81. The normalized spacial score (nSPS) is 27.0. The first-order chi connectivity index (χ1) is 9.74. The summed E-state index contributed by atoms with van der Waals surface area (Å²) in [6.45, 7) is 5.68. The van der Waals surface area contributed by atoms with Crippen molar-refractivity contribution in [2.75, 3.05) is 19.6 Å². The van der Waals surface area contributed by atoms with Crippen molar-refractivity contribution in [1.29, 1.82) is 0 Å². The monoisotopic (exact) mass is 292 g/mol. The highest BCUT2D eigenvalue weighted by Crippen LogP contribution is 2.39. The van der Waals surface area contributed by atoms with Crippen LogP contribution in [0.1, 0.15) is 61.9 Å². The summed E-state index contributed by atoms with van der Waals surface area (Å²) >= 11 is 1.93. The molecule has 0 aromatic carbocycles. The molecule has 2 nitrogen and oxygen atoms in total. The van der Waals surface area contributed by atoms with Gasteiger partial charge >= 0.3 is 0 Å². The van der Waals surface area contributed by atoms with E-state index < -0.39 is 0 Å². The van der Waals surface area contributed by atoms with Gasteiger partial charge in [0.25, 0.3) is 0 Å². The molecule has 1 saturated carbocycles. The maximum absolute atomic E-state index is 6.22. The SMILES string of the molecule is CC1c2ccsc2CCN1CC1(CN)CCCCCC1. The molecule has 2 N–H and O–H groups in total. The summed E-state index contributed by atoms with van der Waals surface area (Å²) < 4.78 is 0. The Morgan fingerprint density at radius 1 is 1.30 bits per heavy atom. The fourth-order valence-corrected chi connectivity index (χ4v) is 5.08. The van der Waals surface area contributed by atoms with Crippen LogP contribution < -0.4 is 5.73 Å². The molecule has 1 aliphatic carbocycles. The fraction of sp³-hybridized carbons (Fsp3) is 0.765. The number of nitrogens with two attached hydrogens (primary N) is 1. The lowest BCUT2D eigenvalue weighted by Crippen LogP contribution is -2.45. The van der Waals surface area contributed by atoms with Crippen LogP contribution in [0.25, 0.3) is 0 Å². The highest BCUT2D eigenvalue weighted by molar-refractivity contribution is 7.10. The van der Waals surface area contributed by atoms with Crippen molar-refractivity contribution in [2.24, 2.45) is 11.1 Å². The Bertz CT molecular complexity index is 432. The molecule has 1 fully saturated rings. The van der Waals surface area contributed by atoms with Crippen LogP contribution in [0.2, 0.25) is 0 Å². The molecule has 3 rings (SSSR count). The zero-order valence-electron chi connectivity index (χ0n) is 12.7. The van der Waals surface area contributed by atoms with Crippen molar-refractivity contribution in [1.82, 2.24) is 4.90 Å². The summed E-state index contributed by atoms with van der Waals surface area (Å²) in [5, 5.41) is 2.26. The maximum Gasteiger partial charge on any atom is 0.0331 e. The molecule has 0 bridgehead atoms. The molecule has 20 heavy (non-hydrogen) atoms. The van der Waals surface area contributed by atoms with Crippen LogP contribution in [0.5, 0.6) is 0 Å². The van der Waals surface area contributed by atoms with E-state index in [4.69, 9.17) is 5.73 Å². The van der Waals surface area contributed by atoms with Gasteiger partial charge in [-0.2, -0.15) is 0 Å². The van der Waals surface area contributed by atoms with E-state index in [9.17, 15) is 0 Å². The Kier molecular flexibility index (Phi) is 4.49. The number of hydrogen-bond donors (Lipinski definition) is 1. The second kappa shape index (κ2) is 6.17. The van der Waals surface area contributed by atoms with Crippen molar-refractivity contribution >= 4 is 11.3 Å². The van der Waals surface area contributed by atoms with Crippen LogP contribution in [0, 0.1) is 5.41 Å². The Morgan fingerprint density at radius 3 is 2.75 bits per heavy atom. The smallest absolute Gasteiger partial charge is 0.0331 e. The van der Waals surface area contributed by atoms with Gasteiger partial charge in [-0.25, -0.2) is 0 Å². The average molecular weight is 292 g/mol. The van der Waals surface area contributed by atoms with E-state index in [2.05, 4.69) is 23.3 Å². The van der Waals surface area contributed by atoms with Gasteiger partial charge in [-0.1, -0.05) is 25.7 Å². The zero-order chi connectivity index (χ0) is 14.0. The van der Waals surface area contributed by atoms with Gasteiger partial charge in [0.2, 0.25) is 0 Å². The van der Waals surface area contributed by atoms with Gasteiger partial charge in [-0.3, -0.25) is 4.90 Å². The summed E-state index contributed by atoms with van der Waals surface area (Å²) in [5.41, 5.74) is 8.18. The fourth-order valence-electron chi connectivity index (χ4n) is 4.11. The van der Waals surface area contributed by atoms with E-state index in [1.54, 1.807) is 10.4 Å². The van der Waals surface area contributed by atoms with Gasteiger partial charge in [0.15, 0.2) is 0 Å². The molecule has 1 unspecified atom stereocenters. The summed E-state index contributed by atoms with van der Waals surface area (Å²) in [6.07, 6.45) is 9.48. The molecule has 3 heteroatoms. The van der Waals surface area contributed by atoms with Gasteiger partial charge in [-0.05, 0) is 55.2 Å². The van der Waals surface area contributed by atoms with Crippen LogP contribution in [0.3, 0.4) is 0 Å². The predicted octanol–water partition coefficient (Wildman–Crippen LogP) is 3.97. The zero-order valence-corrected chi connectivity index (χ0v) is 13.6. The molecule has 1 aromatic rings. The molecule has 0 amide bonds. The van der Waals surface area contributed by atoms with E-state index in [1.807, 2.05) is 11.3 Å². The van der Waals surface area contributed by atoms with Crippen LogP contribution in [-0.4, -0.2) is 24.5 Å². The first-order valence-electron chi connectivity index (χ1n) is 8.24. The van der Waals surface area contributed by atoms with Crippen LogP contribution in [-0.2, 0) is 6.42 Å².